The zero-order chi connectivity index (χ0) is 20.8. The maximum atomic E-state index is 12.7. The van der Waals surface area contributed by atoms with Crippen molar-refractivity contribution in [2.45, 2.75) is 40.0 Å². The molecule has 0 spiro atoms. The van der Waals surface area contributed by atoms with Gasteiger partial charge in [-0.25, -0.2) is 0 Å². The second-order valence-corrected chi connectivity index (χ2v) is 7.93. The van der Waals surface area contributed by atoms with Crippen molar-refractivity contribution >= 4 is 17.6 Å². The Balaban J connectivity index is 1.47. The quantitative estimate of drug-likeness (QED) is 0.763. The third kappa shape index (κ3) is 5.82. The van der Waals surface area contributed by atoms with Crippen LogP contribution >= 0.6 is 0 Å². The number of anilines is 1. The fourth-order valence-electron chi connectivity index (χ4n) is 3.29. The van der Waals surface area contributed by atoms with Crippen molar-refractivity contribution in [3.05, 3.63) is 41.7 Å². The molecule has 1 fully saturated rings. The molecule has 156 valence electrons. The number of carbonyl (C=O) groups excluding carboxylic acids is 2. The molecule has 0 saturated carbocycles. The van der Waals surface area contributed by atoms with Gasteiger partial charge in [-0.05, 0) is 56.4 Å². The third-order valence-electron chi connectivity index (χ3n) is 5.10. The van der Waals surface area contributed by atoms with Crippen LogP contribution in [0.25, 0.3) is 0 Å². The predicted molar refractivity (Wildman–Crippen MR) is 110 cm³/mol. The van der Waals surface area contributed by atoms with Gasteiger partial charge < -0.3 is 19.5 Å². The molecule has 1 aliphatic heterocycles. The predicted octanol–water partition coefficient (Wildman–Crippen LogP) is 3.90. The van der Waals surface area contributed by atoms with Crippen LogP contribution in [0.1, 0.15) is 49.2 Å². The number of rotatable bonds is 7. The summed E-state index contributed by atoms with van der Waals surface area (Å²) < 4.78 is 10.7. The number of hydrogen-bond acceptors (Lipinski definition) is 5. The molecule has 1 aliphatic rings. The Bertz CT molecular complexity index is 821. The Hall–Kier alpha value is -2.83. The molecule has 0 bridgehead atoms. The first-order chi connectivity index (χ1) is 13.9. The Morgan fingerprint density at radius 1 is 1.24 bits per heavy atom. The SMILES string of the molecule is Cc1cc(NC(=O)C2CCN(C(=O)c3ccc(OCCC(C)C)cc3)CC2)no1. The number of benzene rings is 1. The van der Waals surface area contributed by atoms with E-state index < -0.39 is 0 Å². The van der Waals surface area contributed by atoms with Gasteiger partial charge in [0.1, 0.15) is 11.5 Å². The van der Waals surface area contributed by atoms with E-state index in [2.05, 4.69) is 24.3 Å². The van der Waals surface area contributed by atoms with Crippen LogP contribution < -0.4 is 10.1 Å². The number of amides is 2. The summed E-state index contributed by atoms with van der Waals surface area (Å²) in [5.74, 6) is 2.24. The third-order valence-corrected chi connectivity index (χ3v) is 5.10. The van der Waals surface area contributed by atoms with E-state index in [1.165, 1.54) is 0 Å². The fourth-order valence-corrected chi connectivity index (χ4v) is 3.29. The van der Waals surface area contributed by atoms with Gasteiger partial charge in [0.2, 0.25) is 5.91 Å². The minimum Gasteiger partial charge on any atom is -0.494 e. The number of piperidine rings is 1. The fraction of sp³-hybridized carbons (Fsp3) is 0.500. The first-order valence-corrected chi connectivity index (χ1v) is 10.2. The molecule has 2 aromatic rings. The molecular formula is C22H29N3O4. The van der Waals surface area contributed by atoms with Gasteiger partial charge in [-0.2, -0.15) is 0 Å². The molecule has 1 aromatic carbocycles. The molecule has 7 nitrogen and oxygen atoms in total. The highest BCUT2D eigenvalue weighted by Crippen LogP contribution is 2.22. The molecule has 2 heterocycles. The Labute approximate surface area is 171 Å². The summed E-state index contributed by atoms with van der Waals surface area (Å²) in [5, 5.41) is 6.56. The van der Waals surface area contributed by atoms with E-state index in [1.54, 1.807) is 30.0 Å². The van der Waals surface area contributed by atoms with Gasteiger partial charge in [-0.1, -0.05) is 19.0 Å². The van der Waals surface area contributed by atoms with Crippen LogP contribution in [-0.2, 0) is 4.79 Å². The van der Waals surface area contributed by atoms with Crippen molar-refractivity contribution in [3.63, 3.8) is 0 Å². The molecule has 3 rings (SSSR count). The van der Waals surface area contributed by atoms with Gasteiger partial charge in [0.05, 0.1) is 6.61 Å². The van der Waals surface area contributed by atoms with Crippen molar-refractivity contribution < 1.29 is 18.8 Å². The minimum absolute atomic E-state index is 0.00952. The second kappa shape index (κ2) is 9.58. The number of hydrogen-bond donors (Lipinski definition) is 1. The summed E-state index contributed by atoms with van der Waals surface area (Å²) in [7, 11) is 0. The van der Waals surface area contributed by atoms with E-state index in [0.717, 1.165) is 12.2 Å². The highest BCUT2D eigenvalue weighted by molar-refractivity contribution is 5.95. The maximum Gasteiger partial charge on any atom is 0.253 e. The first kappa shape index (κ1) is 20.9. The number of nitrogens with zero attached hydrogens (tertiary/aromatic N) is 2. The zero-order valence-corrected chi connectivity index (χ0v) is 17.3. The lowest BCUT2D eigenvalue weighted by Gasteiger charge is -2.31. The number of carbonyl (C=O) groups is 2. The maximum absolute atomic E-state index is 12.7. The molecular weight excluding hydrogens is 370 g/mol. The van der Waals surface area contributed by atoms with E-state index in [1.807, 2.05) is 12.1 Å². The summed E-state index contributed by atoms with van der Waals surface area (Å²) in [4.78, 5) is 26.9. The van der Waals surface area contributed by atoms with Crippen LogP contribution in [0.4, 0.5) is 5.82 Å². The molecule has 1 N–H and O–H groups in total. The first-order valence-electron chi connectivity index (χ1n) is 10.2. The van der Waals surface area contributed by atoms with Crippen LogP contribution in [0.2, 0.25) is 0 Å². The van der Waals surface area contributed by atoms with Gasteiger partial charge in [-0.15, -0.1) is 0 Å². The van der Waals surface area contributed by atoms with Crippen LogP contribution in [0, 0.1) is 18.8 Å². The standard InChI is InChI=1S/C22H29N3O4/c1-15(2)10-13-28-19-6-4-18(5-7-19)22(27)25-11-8-17(9-12-25)21(26)23-20-14-16(3)29-24-20/h4-7,14-15,17H,8-13H2,1-3H3,(H,23,24,26). The van der Waals surface area contributed by atoms with Crippen molar-refractivity contribution in [1.29, 1.82) is 0 Å². The van der Waals surface area contributed by atoms with Crippen molar-refractivity contribution in [2.24, 2.45) is 11.8 Å². The topological polar surface area (TPSA) is 84.7 Å². The van der Waals surface area contributed by atoms with E-state index in [4.69, 9.17) is 9.26 Å². The summed E-state index contributed by atoms with van der Waals surface area (Å²) >= 11 is 0. The van der Waals surface area contributed by atoms with Crippen LogP contribution in [0.3, 0.4) is 0 Å². The Kier molecular flexibility index (Phi) is 6.90. The number of nitrogens with one attached hydrogen (secondary N) is 1. The van der Waals surface area contributed by atoms with E-state index in [9.17, 15) is 9.59 Å². The van der Waals surface area contributed by atoms with Crippen LogP contribution in [0.15, 0.2) is 34.9 Å². The molecule has 7 heteroatoms. The molecule has 0 aliphatic carbocycles. The lowest BCUT2D eigenvalue weighted by molar-refractivity contribution is -0.121. The molecule has 0 atom stereocenters. The van der Waals surface area contributed by atoms with Gasteiger partial charge in [-0.3, -0.25) is 9.59 Å². The van der Waals surface area contributed by atoms with Crippen LogP contribution in [0.5, 0.6) is 5.75 Å². The number of likely N-dealkylation sites (tertiary alicyclic amines) is 1. The lowest BCUT2D eigenvalue weighted by Crippen LogP contribution is -2.41. The summed E-state index contributed by atoms with van der Waals surface area (Å²) in [6.07, 6.45) is 2.26. The number of aromatic nitrogens is 1. The second-order valence-electron chi connectivity index (χ2n) is 7.93. The van der Waals surface area contributed by atoms with Gasteiger partial charge >= 0.3 is 0 Å². The molecule has 0 unspecified atom stereocenters. The molecule has 1 aromatic heterocycles. The van der Waals surface area contributed by atoms with E-state index >= 15 is 0 Å². The molecule has 1 saturated heterocycles. The highest BCUT2D eigenvalue weighted by Gasteiger charge is 2.28. The summed E-state index contributed by atoms with van der Waals surface area (Å²) in [6, 6.07) is 8.98. The monoisotopic (exact) mass is 399 g/mol. The Morgan fingerprint density at radius 2 is 1.93 bits per heavy atom. The smallest absolute Gasteiger partial charge is 0.253 e. The number of aryl methyl sites for hydroxylation is 1. The summed E-state index contributed by atoms with van der Waals surface area (Å²) in [6.45, 7) is 7.88. The highest BCUT2D eigenvalue weighted by atomic mass is 16.5. The summed E-state index contributed by atoms with van der Waals surface area (Å²) in [5.41, 5.74) is 0.641. The van der Waals surface area contributed by atoms with Gasteiger partial charge in [0.15, 0.2) is 5.82 Å². The van der Waals surface area contributed by atoms with E-state index in [0.29, 0.717) is 55.6 Å². The zero-order valence-electron chi connectivity index (χ0n) is 17.3. The Morgan fingerprint density at radius 3 is 2.52 bits per heavy atom. The van der Waals surface area contributed by atoms with Crippen molar-refractivity contribution in [2.75, 3.05) is 25.0 Å². The average molecular weight is 399 g/mol. The average Bonchev–Trinajstić information content (AvgIpc) is 3.12. The molecule has 29 heavy (non-hydrogen) atoms. The van der Waals surface area contributed by atoms with Gasteiger partial charge in [0.25, 0.3) is 5.91 Å². The minimum atomic E-state index is -0.132. The van der Waals surface area contributed by atoms with Crippen molar-refractivity contribution in [3.8, 4) is 5.75 Å². The molecule has 2 amide bonds. The number of ether oxygens (including phenoxy) is 1. The van der Waals surface area contributed by atoms with Crippen LogP contribution in [-0.4, -0.2) is 41.6 Å². The van der Waals surface area contributed by atoms with Crippen molar-refractivity contribution in [1.82, 2.24) is 10.1 Å². The van der Waals surface area contributed by atoms with Gasteiger partial charge in [0, 0.05) is 30.6 Å². The lowest BCUT2D eigenvalue weighted by atomic mass is 9.95. The normalized spacial score (nSPS) is 14.8. The molecule has 0 radical (unpaired) electrons. The largest absolute Gasteiger partial charge is 0.494 e. The van der Waals surface area contributed by atoms with E-state index in [-0.39, 0.29) is 17.7 Å².